The van der Waals surface area contributed by atoms with E-state index in [1.54, 1.807) is 31.4 Å². The zero-order chi connectivity index (χ0) is 28.6. The third-order valence-corrected chi connectivity index (χ3v) is 7.67. The smallest absolute Gasteiger partial charge is 0.338 e. The Morgan fingerprint density at radius 1 is 1.15 bits per heavy atom. The highest BCUT2D eigenvalue weighted by molar-refractivity contribution is 7.07. The minimum atomic E-state index is -0.707. The molecule has 1 aliphatic heterocycles. The number of benzene rings is 2. The highest BCUT2D eigenvalue weighted by atomic mass is 35.5. The molecule has 0 saturated carbocycles. The molecule has 4 aromatic rings. The van der Waals surface area contributed by atoms with Crippen molar-refractivity contribution in [2.45, 2.75) is 46.8 Å². The minimum absolute atomic E-state index is 0.276. The van der Waals surface area contributed by atoms with Crippen LogP contribution in [0.25, 0.3) is 17.4 Å². The molecule has 40 heavy (non-hydrogen) atoms. The summed E-state index contributed by atoms with van der Waals surface area (Å²) >= 11 is 7.44. The number of fused-ring (bicyclic) bond motifs is 1. The molecule has 0 aliphatic carbocycles. The van der Waals surface area contributed by atoms with E-state index in [4.69, 9.17) is 25.5 Å². The number of allylic oxidation sites excluding steroid dienone is 1. The SMILES string of the molecule is CCOc1ccc([C@@H]2C(C(=O)OC(C)C)=C(C)N=c3s/c(=C/c4ccc(-c5cc(Cl)ccc5C)o4)c(=O)n32)cc1. The summed E-state index contributed by atoms with van der Waals surface area (Å²) in [6, 6.07) is 16.0. The van der Waals surface area contributed by atoms with Crippen LogP contribution in [0.3, 0.4) is 0 Å². The second-order valence-corrected chi connectivity index (χ2v) is 11.1. The van der Waals surface area contributed by atoms with Gasteiger partial charge in [0.05, 0.1) is 34.6 Å². The van der Waals surface area contributed by atoms with E-state index < -0.39 is 12.0 Å². The average molecular weight is 577 g/mol. The first-order valence-corrected chi connectivity index (χ1v) is 14.2. The molecule has 2 aromatic heterocycles. The molecule has 7 nitrogen and oxygen atoms in total. The summed E-state index contributed by atoms with van der Waals surface area (Å²) in [7, 11) is 0. The molecular weight excluding hydrogens is 548 g/mol. The average Bonchev–Trinajstić information content (AvgIpc) is 3.49. The van der Waals surface area contributed by atoms with Gasteiger partial charge in [0, 0.05) is 16.7 Å². The van der Waals surface area contributed by atoms with Gasteiger partial charge in [0.2, 0.25) is 0 Å². The number of carbonyl (C=O) groups excluding carboxylic acids is 1. The summed E-state index contributed by atoms with van der Waals surface area (Å²) in [4.78, 5) is 32.3. The molecule has 206 valence electrons. The maximum Gasteiger partial charge on any atom is 0.338 e. The summed E-state index contributed by atoms with van der Waals surface area (Å²) in [5.41, 5.74) is 3.21. The van der Waals surface area contributed by atoms with Crippen LogP contribution in [-0.4, -0.2) is 23.2 Å². The van der Waals surface area contributed by atoms with Gasteiger partial charge in [0.25, 0.3) is 5.56 Å². The molecule has 1 aliphatic rings. The zero-order valence-electron chi connectivity index (χ0n) is 22.9. The number of aryl methyl sites for hydroxylation is 1. The van der Waals surface area contributed by atoms with Crippen molar-refractivity contribution in [1.82, 2.24) is 4.57 Å². The molecule has 0 saturated heterocycles. The van der Waals surface area contributed by atoms with Crippen LogP contribution in [-0.2, 0) is 9.53 Å². The number of thiazole rings is 1. The molecule has 1 atom stereocenters. The second-order valence-electron chi connectivity index (χ2n) is 9.70. The van der Waals surface area contributed by atoms with Crippen molar-refractivity contribution in [2.24, 2.45) is 4.99 Å². The molecule has 0 fully saturated rings. The van der Waals surface area contributed by atoms with Crippen LogP contribution in [0.4, 0.5) is 0 Å². The second kappa shape index (κ2) is 11.3. The lowest BCUT2D eigenvalue weighted by molar-refractivity contribution is -0.143. The lowest BCUT2D eigenvalue weighted by Crippen LogP contribution is -2.40. The van der Waals surface area contributed by atoms with E-state index in [0.29, 0.717) is 49.5 Å². The number of nitrogens with zero attached hydrogens (tertiary/aromatic N) is 2. The van der Waals surface area contributed by atoms with Gasteiger partial charge in [-0.25, -0.2) is 9.79 Å². The fraction of sp³-hybridized carbons (Fsp3) is 0.258. The van der Waals surface area contributed by atoms with Crippen LogP contribution in [0.1, 0.15) is 50.6 Å². The topological polar surface area (TPSA) is 83.0 Å². The van der Waals surface area contributed by atoms with E-state index in [-0.39, 0.29) is 11.7 Å². The lowest BCUT2D eigenvalue weighted by atomic mass is 9.96. The highest BCUT2D eigenvalue weighted by Crippen LogP contribution is 2.32. The van der Waals surface area contributed by atoms with Gasteiger partial charge in [-0.15, -0.1) is 0 Å². The number of carbonyl (C=O) groups is 1. The van der Waals surface area contributed by atoms with Gasteiger partial charge in [-0.3, -0.25) is 9.36 Å². The Hall–Kier alpha value is -3.88. The molecule has 2 aromatic carbocycles. The van der Waals surface area contributed by atoms with E-state index in [1.807, 2.05) is 68.4 Å². The third kappa shape index (κ3) is 5.42. The molecule has 0 unspecified atom stereocenters. The van der Waals surface area contributed by atoms with Crippen LogP contribution in [0.15, 0.2) is 80.1 Å². The van der Waals surface area contributed by atoms with E-state index in [1.165, 1.54) is 11.3 Å². The van der Waals surface area contributed by atoms with Gasteiger partial charge in [0.15, 0.2) is 4.80 Å². The molecule has 0 amide bonds. The Bertz CT molecular complexity index is 1790. The van der Waals surface area contributed by atoms with Crippen molar-refractivity contribution in [3.8, 4) is 17.1 Å². The zero-order valence-corrected chi connectivity index (χ0v) is 24.4. The largest absolute Gasteiger partial charge is 0.494 e. The van der Waals surface area contributed by atoms with Crippen LogP contribution in [0.5, 0.6) is 5.75 Å². The van der Waals surface area contributed by atoms with Gasteiger partial charge >= 0.3 is 5.97 Å². The number of ether oxygens (including phenoxy) is 2. The molecule has 0 N–H and O–H groups in total. The van der Waals surface area contributed by atoms with E-state index in [0.717, 1.165) is 16.7 Å². The maximum absolute atomic E-state index is 13.9. The number of furan rings is 1. The van der Waals surface area contributed by atoms with Crippen molar-refractivity contribution < 1.29 is 18.7 Å². The fourth-order valence-electron chi connectivity index (χ4n) is 4.65. The Balaban J connectivity index is 1.62. The first-order chi connectivity index (χ1) is 19.2. The normalized spacial score (nSPS) is 15.3. The van der Waals surface area contributed by atoms with Gasteiger partial charge in [0.1, 0.15) is 17.3 Å². The Kier molecular flexibility index (Phi) is 7.83. The maximum atomic E-state index is 13.9. The molecule has 9 heteroatoms. The van der Waals surface area contributed by atoms with Crippen LogP contribution in [0, 0.1) is 6.92 Å². The fourth-order valence-corrected chi connectivity index (χ4v) is 5.85. The summed E-state index contributed by atoms with van der Waals surface area (Å²) in [6.07, 6.45) is 1.38. The standard InChI is InChI=1S/C31H29ClN2O5S/c1-6-37-22-11-8-20(9-12-22)28-27(30(36)38-17(2)3)19(5)33-31-34(28)29(35)26(40-31)16-23-13-14-25(39-23)24-15-21(32)10-7-18(24)4/h7-17,28H,6H2,1-5H3/b26-16+/t28-/m1/s1. The van der Waals surface area contributed by atoms with Crippen LogP contribution >= 0.6 is 22.9 Å². The summed E-state index contributed by atoms with van der Waals surface area (Å²) in [6.45, 7) is 9.77. The van der Waals surface area contributed by atoms with Gasteiger partial charge < -0.3 is 13.9 Å². The van der Waals surface area contributed by atoms with Crippen molar-refractivity contribution >= 4 is 35.0 Å². The Morgan fingerprint density at radius 2 is 1.90 bits per heavy atom. The van der Waals surface area contributed by atoms with Gasteiger partial charge in [-0.2, -0.15) is 0 Å². The number of rotatable bonds is 7. The number of hydrogen-bond donors (Lipinski definition) is 0. The summed E-state index contributed by atoms with van der Waals surface area (Å²) < 4.78 is 19.2. The lowest BCUT2D eigenvalue weighted by Gasteiger charge is -2.25. The summed E-state index contributed by atoms with van der Waals surface area (Å²) in [5, 5.41) is 0.614. The number of aromatic nitrogens is 1. The first-order valence-electron chi connectivity index (χ1n) is 13.0. The predicted octanol–water partition coefficient (Wildman–Crippen LogP) is 5.81. The Morgan fingerprint density at radius 3 is 2.60 bits per heavy atom. The van der Waals surface area contributed by atoms with Crippen LogP contribution < -0.4 is 19.6 Å². The number of hydrogen-bond acceptors (Lipinski definition) is 7. The quantitative estimate of drug-likeness (QED) is 0.259. The van der Waals surface area contributed by atoms with E-state index >= 15 is 0 Å². The van der Waals surface area contributed by atoms with Crippen molar-refractivity contribution in [3.63, 3.8) is 0 Å². The third-order valence-electron chi connectivity index (χ3n) is 6.46. The van der Waals surface area contributed by atoms with Crippen molar-refractivity contribution in [2.75, 3.05) is 6.61 Å². The summed E-state index contributed by atoms with van der Waals surface area (Å²) in [5.74, 6) is 1.37. The molecule has 3 heterocycles. The molecule has 0 radical (unpaired) electrons. The molecule has 0 bridgehead atoms. The van der Waals surface area contributed by atoms with Crippen LogP contribution in [0.2, 0.25) is 5.02 Å². The van der Waals surface area contributed by atoms with Gasteiger partial charge in [-0.05, 0) is 82.1 Å². The number of esters is 1. The monoisotopic (exact) mass is 576 g/mol. The Labute approximate surface area is 240 Å². The first kappa shape index (κ1) is 27.7. The van der Waals surface area contributed by atoms with E-state index in [9.17, 15) is 9.59 Å². The molecule has 0 spiro atoms. The minimum Gasteiger partial charge on any atom is -0.494 e. The highest BCUT2D eigenvalue weighted by Gasteiger charge is 2.33. The molecular formula is C31H29ClN2O5S. The van der Waals surface area contributed by atoms with E-state index in [2.05, 4.69) is 4.99 Å². The number of halogens is 1. The van der Waals surface area contributed by atoms with Crippen molar-refractivity contribution in [1.29, 1.82) is 0 Å². The van der Waals surface area contributed by atoms with Crippen molar-refractivity contribution in [3.05, 3.63) is 107 Å². The van der Waals surface area contributed by atoms with Gasteiger partial charge in [-0.1, -0.05) is 41.1 Å². The predicted molar refractivity (Wildman–Crippen MR) is 156 cm³/mol. The molecule has 5 rings (SSSR count).